The lowest BCUT2D eigenvalue weighted by atomic mass is 10.0. The van der Waals surface area contributed by atoms with Crippen LogP contribution in [-0.2, 0) is 57.1 Å². The van der Waals surface area contributed by atoms with E-state index in [4.69, 9.17) is 59.0 Å². The molecule has 0 bridgehead atoms. The van der Waals surface area contributed by atoms with Crippen LogP contribution in [0.4, 0.5) is 35.1 Å². The first kappa shape index (κ1) is 63.5. The van der Waals surface area contributed by atoms with Crippen LogP contribution in [0.5, 0.6) is 57.5 Å². The lowest BCUT2D eigenvalue weighted by Gasteiger charge is -2.26. The Morgan fingerprint density at radius 3 is 1.69 bits per heavy atom. The molecule has 5 heterocycles. The fourth-order valence-electron chi connectivity index (χ4n) is 10.1. The van der Waals surface area contributed by atoms with Crippen LogP contribution in [0, 0.1) is 11.6 Å². The number of rotatable bonds is 22. The summed E-state index contributed by atoms with van der Waals surface area (Å²) in [6, 6.07) is 22.9. The molecular formula is C65H58ClF8N3O12. The number of hydrogen-bond acceptors (Lipinski definition) is 15. The van der Waals surface area contributed by atoms with Gasteiger partial charge in [0, 0.05) is 90.0 Å². The van der Waals surface area contributed by atoms with Crippen LogP contribution in [0.3, 0.4) is 0 Å². The molecule has 3 aliphatic rings. The minimum Gasteiger partial charge on any atom is -0.489 e. The van der Waals surface area contributed by atoms with Gasteiger partial charge in [0.05, 0.1) is 64.4 Å². The Morgan fingerprint density at radius 2 is 1.09 bits per heavy atom. The Hall–Kier alpha value is -8.51. The van der Waals surface area contributed by atoms with Gasteiger partial charge in [-0.1, -0.05) is 35.9 Å². The van der Waals surface area contributed by atoms with Crippen molar-refractivity contribution in [3.8, 4) is 57.5 Å². The summed E-state index contributed by atoms with van der Waals surface area (Å²) in [5.74, 6) is 1.46. The highest BCUT2D eigenvalue weighted by Crippen LogP contribution is 2.50. The first-order valence-corrected chi connectivity index (χ1v) is 28.7. The lowest BCUT2D eigenvalue weighted by molar-refractivity contribution is -0.138. The second kappa shape index (κ2) is 28.8. The van der Waals surface area contributed by atoms with Gasteiger partial charge in [-0.25, -0.2) is 8.78 Å². The van der Waals surface area contributed by atoms with E-state index in [1.165, 1.54) is 24.4 Å². The minimum atomic E-state index is -4.65. The molecule has 0 N–H and O–H groups in total. The molecule has 0 aliphatic carbocycles. The maximum absolute atomic E-state index is 15.3. The van der Waals surface area contributed by atoms with Crippen molar-refractivity contribution in [2.24, 2.45) is 0 Å². The third-order valence-corrected chi connectivity index (χ3v) is 14.6. The van der Waals surface area contributed by atoms with Crippen LogP contribution < -0.4 is 37.9 Å². The van der Waals surface area contributed by atoms with Gasteiger partial charge in [0.15, 0.2) is 34.6 Å². The summed E-state index contributed by atoms with van der Waals surface area (Å²) >= 11 is 5.67. The van der Waals surface area contributed by atoms with Crippen molar-refractivity contribution in [3.05, 3.63) is 166 Å². The predicted octanol–water partition coefficient (Wildman–Crippen LogP) is 13.8. The van der Waals surface area contributed by atoms with E-state index in [1.54, 1.807) is 61.8 Å². The van der Waals surface area contributed by atoms with Gasteiger partial charge in [0.1, 0.15) is 61.1 Å². The molecule has 2 aromatic heterocycles. The average molecular weight is 1260 g/mol. The van der Waals surface area contributed by atoms with Gasteiger partial charge < -0.3 is 47.4 Å². The number of morpholine rings is 1. The number of carbonyl (C=O) groups excluding carboxylic acids is 2. The number of methoxy groups -OCH3 is 1. The Bertz CT molecular complexity index is 3830. The molecule has 0 saturated carbocycles. The number of pyridine rings is 2. The normalized spacial score (nSPS) is 14.0. The number of fused-ring (bicyclic) bond motifs is 6. The highest BCUT2D eigenvalue weighted by molar-refractivity contribution is 6.31. The van der Waals surface area contributed by atoms with Gasteiger partial charge in [0.2, 0.25) is 11.5 Å². The number of carbonyl (C=O) groups is 2. The van der Waals surface area contributed by atoms with Crippen molar-refractivity contribution < 1.29 is 92.1 Å². The van der Waals surface area contributed by atoms with Gasteiger partial charge >= 0.3 is 12.4 Å². The van der Waals surface area contributed by atoms with Crippen molar-refractivity contribution in [1.29, 1.82) is 0 Å². The highest BCUT2D eigenvalue weighted by Gasteiger charge is 2.34. The second-order valence-electron chi connectivity index (χ2n) is 20.7. The molecule has 0 unspecified atom stereocenters. The highest BCUT2D eigenvalue weighted by atomic mass is 35.5. The van der Waals surface area contributed by atoms with Crippen molar-refractivity contribution in [3.63, 3.8) is 0 Å². The molecule has 11 rings (SSSR count). The molecule has 0 amide bonds. The van der Waals surface area contributed by atoms with E-state index in [-0.39, 0.29) is 41.9 Å². The summed E-state index contributed by atoms with van der Waals surface area (Å²) in [6.07, 6.45) is -5.63. The smallest absolute Gasteiger partial charge is 0.417 e. The lowest BCUT2D eigenvalue weighted by Crippen LogP contribution is -2.37. The van der Waals surface area contributed by atoms with Gasteiger partial charge in [-0.15, -0.1) is 0 Å². The summed E-state index contributed by atoms with van der Waals surface area (Å²) in [5, 5.41) is 0.651. The van der Waals surface area contributed by atoms with Gasteiger partial charge in [-0.3, -0.25) is 24.5 Å². The van der Waals surface area contributed by atoms with Gasteiger partial charge in [-0.2, -0.15) is 26.3 Å². The van der Waals surface area contributed by atoms with Crippen LogP contribution >= 0.6 is 11.6 Å². The first-order valence-electron chi connectivity index (χ1n) is 28.3. The van der Waals surface area contributed by atoms with E-state index < -0.39 is 58.1 Å². The topological polar surface area (TPSA) is 155 Å². The summed E-state index contributed by atoms with van der Waals surface area (Å²) in [4.78, 5) is 36.5. The first-order chi connectivity index (χ1) is 42.9. The van der Waals surface area contributed by atoms with Crippen molar-refractivity contribution in [2.45, 2.75) is 50.9 Å². The third-order valence-electron chi connectivity index (χ3n) is 14.3. The van der Waals surface area contributed by atoms with Crippen LogP contribution in [0.1, 0.15) is 46.2 Å². The molecule has 8 aromatic rings. The van der Waals surface area contributed by atoms with E-state index in [9.17, 15) is 40.3 Å². The molecule has 1 fully saturated rings. The van der Waals surface area contributed by atoms with E-state index in [0.29, 0.717) is 144 Å². The molecule has 24 heteroatoms. The fraction of sp³-hybridized carbons (Fsp3) is 0.323. The molecular weight excluding hydrogens is 1200 g/mol. The van der Waals surface area contributed by atoms with Crippen LogP contribution in [0.15, 0.2) is 116 Å². The molecule has 15 nitrogen and oxygen atoms in total. The van der Waals surface area contributed by atoms with Crippen molar-refractivity contribution in [2.75, 3.05) is 86.2 Å². The maximum atomic E-state index is 15.3. The predicted molar refractivity (Wildman–Crippen MR) is 311 cm³/mol. The summed E-state index contributed by atoms with van der Waals surface area (Å²) in [6.45, 7) is 6.93. The van der Waals surface area contributed by atoms with E-state index in [0.717, 1.165) is 63.5 Å². The summed E-state index contributed by atoms with van der Waals surface area (Å²) in [5.41, 5.74) is -0.109. The molecule has 0 atom stereocenters. The van der Waals surface area contributed by atoms with Crippen LogP contribution in [0.2, 0.25) is 5.02 Å². The molecule has 3 aliphatic heterocycles. The number of ether oxygens (including phenoxy) is 10. The standard InChI is InChI=1S/C34H31ClF4N2O6.C31H27F4NO6/c35-25-4-2-21(18-24(25)34(37,38)39)16-23(42)17-22-3-5-28(26(36)19-22)47-29-6-7-40-27-20-30(32-33(31(27)29)46-15-14-45-32)44-11-1-8-41-9-12-43-13-10-41;1-38-11-2-12-39-27-18-25-28(30-29(27)40-13-14-41-30)26(9-10-36-25)42-23-6-3-19(4-7-23)15-22(37)17-20-16-21(31(33,34)35)5-8-24(20)32/h2-7,18-20H,1,8-17H2;3-10,16,18H,2,11-15,17H2,1H3. The number of aromatic nitrogens is 2. The number of Topliss-reactive ketones (excluding diaryl/α,β-unsaturated/α-hetero) is 2. The van der Waals surface area contributed by atoms with E-state index in [1.807, 2.05) is 0 Å². The Kier molecular flexibility index (Phi) is 20.5. The molecule has 468 valence electrons. The number of benzene rings is 6. The molecule has 0 radical (unpaired) electrons. The third kappa shape index (κ3) is 16.2. The number of nitrogens with zero attached hydrogens (tertiary/aromatic N) is 3. The molecule has 6 aromatic carbocycles. The second-order valence-corrected chi connectivity index (χ2v) is 21.1. The Balaban J connectivity index is 0.000000197. The summed E-state index contributed by atoms with van der Waals surface area (Å²) in [7, 11) is 1.63. The van der Waals surface area contributed by atoms with E-state index >= 15 is 4.39 Å². The summed E-state index contributed by atoms with van der Waals surface area (Å²) < 4.78 is 166. The average Bonchev–Trinajstić information content (AvgIpc) is 1.18. The zero-order valence-electron chi connectivity index (χ0n) is 47.8. The number of alkyl halides is 6. The van der Waals surface area contributed by atoms with Crippen molar-refractivity contribution >= 4 is 45.0 Å². The monoisotopic (exact) mass is 1260 g/mol. The zero-order valence-corrected chi connectivity index (χ0v) is 48.6. The zero-order chi connectivity index (χ0) is 62.7. The molecule has 0 spiro atoms. The van der Waals surface area contributed by atoms with Gasteiger partial charge in [-0.05, 0) is 95.4 Å². The van der Waals surface area contributed by atoms with E-state index in [2.05, 4.69) is 14.9 Å². The van der Waals surface area contributed by atoms with Crippen molar-refractivity contribution in [1.82, 2.24) is 14.9 Å². The van der Waals surface area contributed by atoms with Crippen LogP contribution in [0.25, 0.3) is 21.8 Å². The SMILES string of the molecule is COCCCOc1cc2nccc(Oc3ccc(CC(=O)Cc4cc(C(F)(F)F)ccc4F)cc3)c2c2c1OCCO2.O=C(Cc1ccc(Oc2ccnc3cc(OCCCN4CCOCC4)c4c(c23)OCCO4)c(F)c1)Cc1ccc(Cl)c(C(F)(F)F)c1. The minimum absolute atomic E-state index is 0.0833. The molecule has 89 heavy (non-hydrogen) atoms. The number of hydrogen-bond donors (Lipinski definition) is 0. The Morgan fingerprint density at radius 1 is 0.539 bits per heavy atom. The quantitative estimate of drug-likeness (QED) is 0.0466. The molecule has 1 saturated heterocycles. The number of halogens is 9. The van der Waals surface area contributed by atoms with Crippen LogP contribution in [-0.4, -0.2) is 113 Å². The largest absolute Gasteiger partial charge is 0.489 e. The van der Waals surface area contributed by atoms with Gasteiger partial charge in [0.25, 0.3) is 0 Å². The Labute approximate surface area is 510 Å². The maximum Gasteiger partial charge on any atom is 0.417 e. The number of ketones is 2. The fourth-order valence-corrected chi connectivity index (χ4v) is 10.3.